The molecular formula is C15H14FNO4. The molecule has 1 saturated heterocycles. The molecule has 1 aromatic rings. The molecule has 1 fully saturated rings. The summed E-state index contributed by atoms with van der Waals surface area (Å²) in [5.74, 6) is -4.08. The number of aliphatic carboxylic acids is 1. The van der Waals surface area contributed by atoms with Gasteiger partial charge in [-0.2, -0.15) is 0 Å². The minimum atomic E-state index is -1.10. The van der Waals surface area contributed by atoms with Gasteiger partial charge in [-0.05, 0) is 19.1 Å². The van der Waals surface area contributed by atoms with Gasteiger partial charge in [0.15, 0.2) is 0 Å². The van der Waals surface area contributed by atoms with Gasteiger partial charge in [0, 0.05) is 0 Å². The van der Waals surface area contributed by atoms with Gasteiger partial charge in [-0.3, -0.25) is 9.59 Å². The lowest BCUT2D eigenvalue weighted by Crippen LogP contribution is -2.44. The van der Waals surface area contributed by atoms with Gasteiger partial charge in [0.05, 0.1) is 23.3 Å². The van der Waals surface area contributed by atoms with Crippen molar-refractivity contribution in [1.29, 1.82) is 0 Å². The zero-order valence-electron chi connectivity index (χ0n) is 11.2. The number of amides is 1. The van der Waals surface area contributed by atoms with Crippen molar-refractivity contribution in [2.24, 2.45) is 11.8 Å². The Bertz CT molecular complexity index is 644. The van der Waals surface area contributed by atoms with E-state index in [4.69, 9.17) is 4.74 Å². The Balaban J connectivity index is 1.88. The minimum Gasteiger partial charge on any atom is -0.481 e. The van der Waals surface area contributed by atoms with Crippen LogP contribution >= 0.6 is 0 Å². The van der Waals surface area contributed by atoms with Gasteiger partial charge in [-0.15, -0.1) is 0 Å². The molecule has 0 saturated carbocycles. The second kappa shape index (κ2) is 4.66. The van der Waals surface area contributed by atoms with Gasteiger partial charge >= 0.3 is 5.97 Å². The van der Waals surface area contributed by atoms with Crippen molar-refractivity contribution in [2.45, 2.75) is 18.6 Å². The van der Waals surface area contributed by atoms with E-state index >= 15 is 0 Å². The molecule has 1 aromatic carbocycles. The summed E-state index contributed by atoms with van der Waals surface area (Å²) in [4.78, 5) is 23.8. The van der Waals surface area contributed by atoms with E-state index in [2.05, 4.69) is 5.32 Å². The Hall–Kier alpha value is -2.21. The van der Waals surface area contributed by atoms with Crippen LogP contribution in [0.3, 0.4) is 0 Å². The number of hydrogen-bond donors (Lipinski definition) is 2. The number of nitrogens with one attached hydrogen (secondary N) is 1. The first kappa shape index (κ1) is 13.8. The molecule has 21 heavy (non-hydrogen) atoms. The van der Waals surface area contributed by atoms with Crippen LogP contribution < -0.4 is 5.32 Å². The maximum atomic E-state index is 13.6. The van der Waals surface area contributed by atoms with Crippen LogP contribution in [0.4, 0.5) is 10.1 Å². The van der Waals surface area contributed by atoms with Crippen molar-refractivity contribution in [2.75, 3.05) is 5.32 Å². The molecule has 0 radical (unpaired) electrons. The highest BCUT2D eigenvalue weighted by atomic mass is 19.1. The molecule has 2 N–H and O–H groups in total. The van der Waals surface area contributed by atoms with Crippen LogP contribution in [-0.4, -0.2) is 28.7 Å². The summed E-state index contributed by atoms with van der Waals surface area (Å²) >= 11 is 0. The van der Waals surface area contributed by atoms with Crippen LogP contribution in [0.25, 0.3) is 0 Å². The van der Waals surface area contributed by atoms with Crippen LogP contribution in [0.5, 0.6) is 0 Å². The van der Waals surface area contributed by atoms with Gasteiger partial charge in [0.25, 0.3) is 0 Å². The van der Waals surface area contributed by atoms with Crippen molar-refractivity contribution in [3.05, 3.63) is 42.2 Å². The van der Waals surface area contributed by atoms with E-state index in [0.29, 0.717) is 0 Å². The van der Waals surface area contributed by atoms with E-state index in [-0.39, 0.29) is 5.69 Å². The Morgan fingerprint density at radius 1 is 1.38 bits per heavy atom. The van der Waals surface area contributed by atoms with Crippen molar-refractivity contribution in [3.8, 4) is 0 Å². The number of anilines is 1. The lowest BCUT2D eigenvalue weighted by Gasteiger charge is -2.27. The lowest BCUT2D eigenvalue weighted by molar-refractivity contribution is -0.146. The van der Waals surface area contributed by atoms with Crippen molar-refractivity contribution in [1.82, 2.24) is 0 Å². The molecule has 0 aromatic heterocycles. The van der Waals surface area contributed by atoms with E-state index in [1.807, 2.05) is 0 Å². The summed E-state index contributed by atoms with van der Waals surface area (Å²) < 4.78 is 19.2. The molecule has 2 bridgehead atoms. The third-order valence-electron chi connectivity index (χ3n) is 4.04. The summed E-state index contributed by atoms with van der Waals surface area (Å²) in [6.45, 7) is 1.66. The SMILES string of the molecule is C[C@@]12C=C[C@@H](O1)[C@H](C(=O)O)[C@@H]2C(=O)Nc1ccccc1F. The molecule has 1 amide bonds. The monoisotopic (exact) mass is 291 g/mol. The molecule has 0 aliphatic carbocycles. The van der Waals surface area contributed by atoms with Gasteiger partial charge in [-0.25, -0.2) is 4.39 Å². The number of rotatable bonds is 3. The first-order valence-electron chi connectivity index (χ1n) is 6.58. The molecule has 2 aliphatic rings. The summed E-state index contributed by atoms with van der Waals surface area (Å²) in [7, 11) is 0. The molecule has 0 spiro atoms. The Morgan fingerprint density at radius 2 is 2.10 bits per heavy atom. The fourth-order valence-corrected chi connectivity index (χ4v) is 3.05. The molecule has 3 rings (SSSR count). The van der Waals surface area contributed by atoms with Gasteiger partial charge in [0.1, 0.15) is 11.7 Å². The minimum absolute atomic E-state index is 0.0296. The maximum absolute atomic E-state index is 13.6. The van der Waals surface area contributed by atoms with Crippen molar-refractivity contribution in [3.63, 3.8) is 0 Å². The predicted octanol–water partition coefficient (Wildman–Crippen LogP) is 1.81. The number of benzene rings is 1. The second-order valence-corrected chi connectivity index (χ2v) is 5.44. The smallest absolute Gasteiger partial charge is 0.310 e. The Labute approximate surface area is 120 Å². The molecule has 2 aliphatic heterocycles. The normalized spacial score (nSPS) is 33.1. The van der Waals surface area contributed by atoms with E-state index in [9.17, 15) is 19.1 Å². The number of fused-ring (bicyclic) bond motifs is 2. The van der Waals surface area contributed by atoms with Crippen LogP contribution in [0.1, 0.15) is 6.92 Å². The second-order valence-electron chi connectivity index (χ2n) is 5.44. The Kier molecular flexibility index (Phi) is 3.06. The number of halogens is 1. The third kappa shape index (κ3) is 2.12. The maximum Gasteiger partial charge on any atom is 0.310 e. The number of para-hydroxylation sites is 1. The van der Waals surface area contributed by atoms with Crippen molar-refractivity contribution >= 4 is 17.6 Å². The van der Waals surface area contributed by atoms with E-state index in [1.165, 1.54) is 18.2 Å². The number of carboxylic acid groups (broad SMARTS) is 1. The predicted molar refractivity (Wildman–Crippen MR) is 72.1 cm³/mol. The fraction of sp³-hybridized carbons (Fsp3) is 0.333. The zero-order chi connectivity index (χ0) is 15.2. The molecule has 0 unspecified atom stereocenters. The van der Waals surface area contributed by atoms with Crippen molar-refractivity contribution < 1.29 is 23.8 Å². The van der Waals surface area contributed by atoms with Crippen LogP contribution in [0.15, 0.2) is 36.4 Å². The number of carbonyl (C=O) groups excluding carboxylic acids is 1. The fourth-order valence-electron chi connectivity index (χ4n) is 3.05. The topological polar surface area (TPSA) is 75.6 Å². The molecule has 4 atom stereocenters. The van der Waals surface area contributed by atoms with Gasteiger partial charge in [-0.1, -0.05) is 24.3 Å². The molecule has 110 valence electrons. The number of carbonyl (C=O) groups is 2. The van der Waals surface area contributed by atoms with Crippen LogP contribution in [-0.2, 0) is 14.3 Å². The van der Waals surface area contributed by atoms with E-state index in [0.717, 1.165) is 0 Å². The highest BCUT2D eigenvalue weighted by Crippen LogP contribution is 2.47. The van der Waals surface area contributed by atoms with E-state index < -0.39 is 41.2 Å². The van der Waals surface area contributed by atoms with E-state index in [1.54, 1.807) is 25.1 Å². The third-order valence-corrected chi connectivity index (χ3v) is 4.04. The quantitative estimate of drug-likeness (QED) is 0.833. The first-order valence-corrected chi connectivity index (χ1v) is 6.58. The number of carboxylic acids is 1. The van der Waals surface area contributed by atoms with Crippen LogP contribution in [0, 0.1) is 17.7 Å². The highest BCUT2D eigenvalue weighted by molar-refractivity contribution is 5.97. The van der Waals surface area contributed by atoms with Crippen LogP contribution in [0.2, 0.25) is 0 Å². The molecule has 6 heteroatoms. The summed E-state index contributed by atoms with van der Waals surface area (Å²) in [6.07, 6.45) is 2.73. The number of ether oxygens (including phenoxy) is 1. The largest absolute Gasteiger partial charge is 0.481 e. The molecule has 5 nitrogen and oxygen atoms in total. The highest BCUT2D eigenvalue weighted by Gasteiger charge is 2.59. The molecule has 2 heterocycles. The lowest BCUT2D eigenvalue weighted by atomic mass is 9.75. The summed E-state index contributed by atoms with van der Waals surface area (Å²) in [5.41, 5.74) is -0.940. The number of hydrogen-bond acceptors (Lipinski definition) is 3. The van der Waals surface area contributed by atoms with Gasteiger partial charge < -0.3 is 15.2 Å². The average molecular weight is 291 g/mol. The molecular weight excluding hydrogens is 277 g/mol. The van der Waals surface area contributed by atoms with Gasteiger partial charge in [0.2, 0.25) is 5.91 Å². The standard InChI is InChI=1S/C15H14FNO4/c1-15-7-6-10(21-15)11(14(19)20)12(15)13(18)17-9-5-3-2-4-8(9)16/h2-7,10-12H,1H3,(H,17,18)(H,19,20)/t10-,11+,12-,15+/m1/s1. The first-order chi connectivity index (χ1) is 9.92. The zero-order valence-corrected chi connectivity index (χ0v) is 11.2. The summed E-state index contributed by atoms with van der Waals surface area (Å²) in [5, 5.41) is 11.8. The Morgan fingerprint density at radius 3 is 2.76 bits per heavy atom. The summed E-state index contributed by atoms with van der Waals surface area (Å²) in [6, 6.07) is 5.75. The average Bonchev–Trinajstić information content (AvgIpc) is 2.94.